The first-order valence-corrected chi connectivity index (χ1v) is 11.2. The molecule has 0 spiro atoms. The van der Waals surface area contributed by atoms with Crippen molar-refractivity contribution in [2.75, 3.05) is 31.1 Å². The fourth-order valence-electron chi connectivity index (χ4n) is 3.56. The molecule has 0 atom stereocenters. The summed E-state index contributed by atoms with van der Waals surface area (Å²) in [4.78, 5) is 11.9. The van der Waals surface area contributed by atoms with Crippen molar-refractivity contribution in [2.45, 2.75) is 11.1 Å². The number of thiophene rings is 1. The van der Waals surface area contributed by atoms with Gasteiger partial charge in [-0.1, -0.05) is 12.1 Å². The molecule has 1 saturated heterocycles. The SMILES string of the molecule is Cc1ccc(S(=O)(=O)N2CCN(c3ncnc4c3oc3ccccc34)CC2)s1. The quantitative estimate of drug-likeness (QED) is 0.512. The van der Waals surface area contributed by atoms with E-state index in [2.05, 4.69) is 14.9 Å². The molecule has 1 aromatic carbocycles. The number of piperazine rings is 1. The minimum Gasteiger partial charge on any atom is -0.450 e. The number of aromatic nitrogens is 2. The third-order valence-electron chi connectivity index (χ3n) is 4.99. The lowest BCUT2D eigenvalue weighted by atomic mass is 10.2. The highest BCUT2D eigenvalue weighted by Gasteiger charge is 2.31. The summed E-state index contributed by atoms with van der Waals surface area (Å²) in [5.41, 5.74) is 2.20. The van der Waals surface area contributed by atoms with Gasteiger partial charge in [-0.05, 0) is 31.2 Å². The van der Waals surface area contributed by atoms with E-state index in [9.17, 15) is 8.42 Å². The van der Waals surface area contributed by atoms with E-state index in [0.717, 1.165) is 21.4 Å². The minimum absolute atomic E-state index is 0.403. The first-order chi connectivity index (χ1) is 13.5. The predicted molar refractivity (Wildman–Crippen MR) is 109 cm³/mol. The van der Waals surface area contributed by atoms with Crippen molar-refractivity contribution in [3.63, 3.8) is 0 Å². The van der Waals surface area contributed by atoms with Crippen LogP contribution in [0.5, 0.6) is 0 Å². The van der Waals surface area contributed by atoms with E-state index in [1.807, 2.05) is 37.3 Å². The van der Waals surface area contributed by atoms with Gasteiger partial charge in [-0.2, -0.15) is 4.31 Å². The maximum Gasteiger partial charge on any atom is 0.252 e. The summed E-state index contributed by atoms with van der Waals surface area (Å²) in [7, 11) is -3.44. The number of furan rings is 1. The molecule has 1 aliphatic rings. The summed E-state index contributed by atoms with van der Waals surface area (Å²) in [6, 6.07) is 11.3. The van der Waals surface area contributed by atoms with E-state index in [0.29, 0.717) is 41.8 Å². The number of sulfonamides is 1. The second-order valence-corrected chi connectivity index (χ2v) is 10.2. The minimum atomic E-state index is -3.44. The molecule has 4 aromatic rings. The molecule has 144 valence electrons. The van der Waals surface area contributed by atoms with Crippen molar-refractivity contribution >= 4 is 49.2 Å². The lowest BCUT2D eigenvalue weighted by Crippen LogP contribution is -2.48. The van der Waals surface area contributed by atoms with Gasteiger partial charge in [-0.3, -0.25) is 0 Å². The Kier molecular flexibility index (Phi) is 4.11. The van der Waals surface area contributed by atoms with Crippen LogP contribution in [-0.2, 0) is 10.0 Å². The fourth-order valence-corrected chi connectivity index (χ4v) is 6.41. The third-order valence-corrected chi connectivity index (χ3v) is 8.35. The van der Waals surface area contributed by atoms with Gasteiger partial charge in [-0.15, -0.1) is 11.3 Å². The first kappa shape index (κ1) is 17.6. The average molecular weight is 415 g/mol. The topological polar surface area (TPSA) is 79.5 Å². The van der Waals surface area contributed by atoms with Crippen molar-refractivity contribution < 1.29 is 12.8 Å². The van der Waals surface area contributed by atoms with E-state index >= 15 is 0 Å². The van der Waals surface area contributed by atoms with Gasteiger partial charge in [0, 0.05) is 36.4 Å². The van der Waals surface area contributed by atoms with Gasteiger partial charge in [0.2, 0.25) is 0 Å². The number of nitrogens with zero attached hydrogens (tertiary/aromatic N) is 4. The molecule has 1 aliphatic heterocycles. The number of hydrogen-bond acceptors (Lipinski definition) is 7. The molecule has 7 nitrogen and oxygen atoms in total. The van der Waals surface area contributed by atoms with Gasteiger partial charge in [0.05, 0.1) is 0 Å². The molecule has 0 amide bonds. The summed E-state index contributed by atoms with van der Waals surface area (Å²) in [6.45, 7) is 3.82. The monoisotopic (exact) mass is 414 g/mol. The summed E-state index contributed by atoms with van der Waals surface area (Å²) in [6.07, 6.45) is 1.54. The van der Waals surface area contributed by atoms with Crippen molar-refractivity contribution in [3.05, 3.63) is 47.6 Å². The summed E-state index contributed by atoms with van der Waals surface area (Å²) in [5, 5.41) is 0.954. The van der Waals surface area contributed by atoms with Crippen molar-refractivity contribution in [3.8, 4) is 0 Å². The number of benzene rings is 1. The van der Waals surface area contributed by atoms with Gasteiger partial charge >= 0.3 is 0 Å². The van der Waals surface area contributed by atoms with Gasteiger partial charge in [0.1, 0.15) is 21.6 Å². The molecule has 0 N–H and O–H groups in total. The number of para-hydroxylation sites is 1. The van der Waals surface area contributed by atoms with Crippen LogP contribution >= 0.6 is 11.3 Å². The molecular formula is C19H18N4O3S2. The van der Waals surface area contributed by atoms with E-state index in [4.69, 9.17) is 4.42 Å². The Morgan fingerprint density at radius 3 is 2.57 bits per heavy atom. The molecule has 4 heterocycles. The zero-order chi connectivity index (χ0) is 19.3. The number of fused-ring (bicyclic) bond motifs is 3. The molecule has 0 radical (unpaired) electrons. The van der Waals surface area contributed by atoms with Crippen LogP contribution in [0.4, 0.5) is 5.82 Å². The largest absolute Gasteiger partial charge is 0.450 e. The van der Waals surface area contributed by atoms with Gasteiger partial charge in [0.25, 0.3) is 10.0 Å². The summed E-state index contributed by atoms with van der Waals surface area (Å²) in [5.74, 6) is 0.713. The Bertz CT molecular complexity index is 1270. The highest BCUT2D eigenvalue weighted by Crippen LogP contribution is 2.33. The Morgan fingerprint density at radius 2 is 1.82 bits per heavy atom. The Hall–Kier alpha value is -2.49. The zero-order valence-electron chi connectivity index (χ0n) is 15.2. The van der Waals surface area contributed by atoms with Crippen LogP contribution in [0, 0.1) is 6.92 Å². The molecule has 0 unspecified atom stereocenters. The van der Waals surface area contributed by atoms with Crippen molar-refractivity contribution in [1.82, 2.24) is 14.3 Å². The summed E-state index contributed by atoms with van der Waals surface area (Å²) < 4.78 is 33.7. The van der Waals surface area contributed by atoms with E-state index in [1.54, 1.807) is 10.4 Å². The van der Waals surface area contributed by atoms with Crippen LogP contribution in [0.3, 0.4) is 0 Å². The highest BCUT2D eigenvalue weighted by molar-refractivity contribution is 7.91. The molecule has 0 aliphatic carbocycles. The second kappa shape index (κ2) is 6.54. The van der Waals surface area contributed by atoms with Crippen molar-refractivity contribution in [2.24, 2.45) is 0 Å². The van der Waals surface area contributed by atoms with Crippen LogP contribution in [-0.4, -0.2) is 48.9 Å². The van der Waals surface area contributed by atoms with Gasteiger partial charge in [0.15, 0.2) is 11.4 Å². The smallest absolute Gasteiger partial charge is 0.252 e. The van der Waals surface area contributed by atoms with E-state index < -0.39 is 10.0 Å². The maximum atomic E-state index is 12.8. The standard InChI is InChI=1S/C19H18N4O3S2/c1-13-6-7-16(27-13)28(24,25)23-10-8-22(9-11-23)19-18-17(20-12-21-19)14-4-2-3-5-15(14)26-18/h2-7,12H,8-11H2,1H3. The normalized spacial score (nSPS) is 16.2. The molecule has 5 rings (SSSR count). The second-order valence-electron chi connectivity index (χ2n) is 6.73. The molecule has 1 fully saturated rings. The Balaban J connectivity index is 1.43. The average Bonchev–Trinajstić information content (AvgIpc) is 3.32. The van der Waals surface area contributed by atoms with E-state index in [1.165, 1.54) is 17.7 Å². The van der Waals surface area contributed by atoms with Gasteiger partial charge in [-0.25, -0.2) is 18.4 Å². The molecule has 3 aromatic heterocycles. The molecular weight excluding hydrogens is 396 g/mol. The number of hydrogen-bond donors (Lipinski definition) is 0. The van der Waals surface area contributed by atoms with Crippen LogP contribution in [0.15, 0.2) is 51.4 Å². The van der Waals surface area contributed by atoms with Gasteiger partial charge < -0.3 is 9.32 Å². The highest BCUT2D eigenvalue weighted by atomic mass is 32.2. The van der Waals surface area contributed by atoms with Crippen LogP contribution < -0.4 is 4.90 Å². The maximum absolute atomic E-state index is 12.8. The predicted octanol–water partition coefficient (Wildman–Crippen LogP) is 3.26. The number of aryl methyl sites for hydroxylation is 1. The fraction of sp³-hybridized carbons (Fsp3) is 0.263. The lowest BCUT2D eigenvalue weighted by molar-refractivity contribution is 0.384. The number of anilines is 1. The van der Waals surface area contributed by atoms with Crippen LogP contribution in [0.1, 0.15) is 4.88 Å². The lowest BCUT2D eigenvalue weighted by Gasteiger charge is -2.34. The number of rotatable bonds is 3. The van der Waals surface area contributed by atoms with Crippen molar-refractivity contribution in [1.29, 1.82) is 0 Å². The molecule has 9 heteroatoms. The first-order valence-electron chi connectivity index (χ1n) is 8.98. The summed E-state index contributed by atoms with van der Waals surface area (Å²) >= 11 is 1.31. The Morgan fingerprint density at radius 1 is 1.04 bits per heavy atom. The Labute approximate surface area is 166 Å². The van der Waals surface area contributed by atoms with Crippen LogP contribution in [0.25, 0.3) is 22.1 Å². The molecule has 0 saturated carbocycles. The molecule has 0 bridgehead atoms. The third kappa shape index (κ3) is 2.78. The van der Waals surface area contributed by atoms with E-state index in [-0.39, 0.29) is 0 Å². The zero-order valence-corrected chi connectivity index (χ0v) is 16.8. The van der Waals surface area contributed by atoms with Crippen LogP contribution in [0.2, 0.25) is 0 Å². The molecule has 28 heavy (non-hydrogen) atoms.